The number of halogens is 1. The maximum Gasteiger partial charge on any atom is 0.194 e. The summed E-state index contributed by atoms with van der Waals surface area (Å²) >= 11 is 0. The van der Waals surface area contributed by atoms with Crippen LogP contribution < -0.4 is 5.32 Å². The zero-order valence-electron chi connectivity index (χ0n) is 19.2. The molecule has 0 aliphatic carbocycles. The van der Waals surface area contributed by atoms with Crippen LogP contribution in [0.2, 0.25) is 0 Å². The van der Waals surface area contributed by atoms with E-state index in [1.807, 2.05) is 19.9 Å². The summed E-state index contributed by atoms with van der Waals surface area (Å²) in [7, 11) is 1.79. The van der Waals surface area contributed by atoms with Gasteiger partial charge in [-0.3, -0.25) is 4.99 Å². The van der Waals surface area contributed by atoms with Crippen molar-refractivity contribution in [2.45, 2.75) is 39.2 Å². The molecule has 2 aromatic rings. The molecule has 1 aliphatic rings. The second-order valence-corrected chi connectivity index (χ2v) is 7.86. The predicted octanol–water partition coefficient (Wildman–Crippen LogP) is 3.92. The molecule has 2 aromatic carbocycles. The average Bonchev–Trinajstić information content (AvgIpc) is 2.80. The van der Waals surface area contributed by atoms with Gasteiger partial charge in [-0.1, -0.05) is 36.4 Å². The fraction of sp³-hybridized carbons (Fsp3) is 0.480. The molecule has 3 rings (SSSR count). The maximum absolute atomic E-state index is 13.3. The lowest BCUT2D eigenvalue weighted by molar-refractivity contribution is -0.0605. The van der Waals surface area contributed by atoms with Crippen LogP contribution in [0.4, 0.5) is 4.39 Å². The first kappa shape index (κ1) is 24.2. The maximum atomic E-state index is 13.3. The third kappa shape index (κ3) is 7.29. The predicted molar refractivity (Wildman–Crippen MR) is 124 cm³/mol. The molecule has 0 amide bonds. The largest absolute Gasteiger partial charge is 0.379 e. The summed E-state index contributed by atoms with van der Waals surface area (Å²) in [5.41, 5.74) is 3.26. The first-order chi connectivity index (χ1) is 15.6. The van der Waals surface area contributed by atoms with Gasteiger partial charge < -0.3 is 24.4 Å². The standard InChI is InChI=1S/C25H34FN3O3/c1-4-30-12-13-31-18-21-7-5-6-20(14-21)15-28-25(27-3)29-16-19(2)32-24(17-29)22-8-10-23(26)11-9-22/h5-11,14,19,24H,4,12-13,15-18H2,1-3H3,(H,27,28). The fourth-order valence-corrected chi connectivity index (χ4v) is 3.78. The van der Waals surface area contributed by atoms with Crippen LogP contribution in [-0.4, -0.2) is 56.9 Å². The highest BCUT2D eigenvalue weighted by Crippen LogP contribution is 2.25. The number of guanidine groups is 1. The molecule has 7 heteroatoms. The first-order valence-corrected chi connectivity index (χ1v) is 11.2. The van der Waals surface area contributed by atoms with Crippen LogP contribution >= 0.6 is 0 Å². The number of aliphatic imine (C=N–C) groups is 1. The van der Waals surface area contributed by atoms with Crippen LogP contribution in [0.5, 0.6) is 0 Å². The Balaban J connectivity index is 1.55. The van der Waals surface area contributed by atoms with Gasteiger partial charge in [-0.2, -0.15) is 0 Å². The summed E-state index contributed by atoms with van der Waals surface area (Å²) in [6, 6.07) is 14.9. The number of ether oxygens (including phenoxy) is 3. The highest BCUT2D eigenvalue weighted by molar-refractivity contribution is 5.80. The van der Waals surface area contributed by atoms with Gasteiger partial charge in [0.2, 0.25) is 0 Å². The van der Waals surface area contributed by atoms with E-state index in [0.29, 0.717) is 39.5 Å². The second-order valence-electron chi connectivity index (χ2n) is 7.86. The molecule has 0 spiro atoms. The molecule has 1 saturated heterocycles. The van der Waals surface area contributed by atoms with Crippen LogP contribution in [0.15, 0.2) is 53.5 Å². The van der Waals surface area contributed by atoms with Crippen molar-refractivity contribution in [2.24, 2.45) is 4.99 Å². The number of rotatable bonds is 9. The van der Waals surface area contributed by atoms with Gasteiger partial charge in [0.15, 0.2) is 5.96 Å². The van der Waals surface area contributed by atoms with Gasteiger partial charge >= 0.3 is 0 Å². The molecule has 1 aliphatic heterocycles. The minimum atomic E-state index is -0.242. The Morgan fingerprint density at radius 1 is 1.12 bits per heavy atom. The Hall–Kier alpha value is -2.48. The number of nitrogens with one attached hydrogen (secondary N) is 1. The molecule has 32 heavy (non-hydrogen) atoms. The molecule has 0 radical (unpaired) electrons. The molecular weight excluding hydrogens is 409 g/mol. The van der Waals surface area contributed by atoms with Crippen molar-refractivity contribution in [3.63, 3.8) is 0 Å². The monoisotopic (exact) mass is 443 g/mol. The van der Waals surface area contributed by atoms with E-state index in [-0.39, 0.29) is 18.0 Å². The van der Waals surface area contributed by atoms with Gasteiger partial charge in [0, 0.05) is 26.7 Å². The van der Waals surface area contributed by atoms with Crippen molar-refractivity contribution in [1.82, 2.24) is 10.2 Å². The fourth-order valence-electron chi connectivity index (χ4n) is 3.78. The van der Waals surface area contributed by atoms with E-state index < -0.39 is 0 Å². The van der Waals surface area contributed by atoms with Gasteiger partial charge in [-0.25, -0.2) is 4.39 Å². The SMILES string of the molecule is CCOCCOCc1cccc(CNC(=NC)N2CC(C)OC(c3ccc(F)cc3)C2)c1. The van der Waals surface area contributed by atoms with Crippen molar-refractivity contribution >= 4 is 5.96 Å². The summed E-state index contributed by atoms with van der Waals surface area (Å²) in [6.45, 7) is 8.56. The van der Waals surface area contributed by atoms with Crippen LogP contribution in [-0.2, 0) is 27.4 Å². The van der Waals surface area contributed by atoms with Crippen LogP contribution in [0.25, 0.3) is 0 Å². The molecule has 0 saturated carbocycles. The molecular formula is C25H34FN3O3. The molecule has 0 aromatic heterocycles. The molecule has 1 fully saturated rings. The topological polar surface area (TPSA) is 55.3 Å². The molecule has 174 valence electrons. The summed E-state index contributed by atoms with van der Waals surface area (Å²) in [4.78, 5) is 6.68. The summed E-state index contributed by atoms with van der Waals surface area (Å²) < 4.78 is 30.4. The normalized spacial score (nSPS) is 19.2. The van der Waals surface area contributed by atoms with E-state index in [4.69, 9.17) is 14.2 Å². The zero-order chi connectivity index (χ0) is 22.8. The number of benzene rings is 2. The minimum absolute atomic E-state index is 0.0366. The molecule has 6 nitrogen and oxygen atoms in total. The Labute approximate surface area is 190 Å². The van der Waals surface area contributed by atoms with E-state index in [2.05, 4.69) is 33.4 Å². The van der Waals surface area contributed by atoms with Gasteiger partial charge in [-0.05, 0) is 42.7 Å². The summed E-state index contributed by atoms with van der Waals surface area (Å²) in [5, 5.41) is 3.47. The van der Waals surface area contributed by atoms with E-state index >= 15 is 0 Å². The Kier molecular flexibility index (Phi) is 9.46. The quantitative estimate of drug-likeness (QED) is 0.362. The van der Waals surface area contributed by atoms with Gasteiger partial charge in [0.05, 0.1) is 32.5 Å². The molecule has 2 atom stereocenters. The lowest BCUT2D eigenvalue weighted by Crippen LogP contribution is -2.50. The van der Waals surface area contributed by atoms with Crippen molar-refractivity contribution in [2.75, 3.05) is 40.0 Å². The van der Waals surface area contributed by atoms with Crippen LogP contribution in [0.3, 0.4) is 0 Å². The second kappa shape index (κ2) is 12.5. The Morgan fingerprint density at radius 2 is 1.88 bits per heavy atom. The smallest absolute Gasteiger partial charge is 0.194 e. The summed E-state index contributed by atoms with van der Waals surface area (Å²) in [6.07, 6.45) is -0.0930. The lowest BCUT2D eigenvalue weighted by Gasteiger charge is -2.38. The van der Waals surface area contributed by atoms with Gasteiger partial charge in [0.1, 0.15) is 11.9 Å². The van der Waals surface area contributed by atoms with E-state index in [0.717, 1.165) is 29.2 Å². The third-order valence-corrected chi connectivity index (χ3v) is 5.30. The van der Waals surface area contributed by atoms with Crippen molar-refractivity contribution in [1.29, 1.82) is 0 Å². The van der Waals surface area contributed by atoms with E-state index in [1.54, 1.807) is 19.2 Å². The average molecular weight is 444 g/mol. The molecule has 1 N–H and O–H groups in total. The molecule has 0 bridgehead atoms. The third-order valence-electron chi connectivity index (χ3n) is 5.30. The lowest BCUT2D eigenvalue weighted by atomic mass is 10.1. The Bertz CT molecular complexity index is 860. The first-order valence-electron chi connectivity index (χ1n) is 11.2. The molecule has 1 heterocycles. The number of morpholine rings is 1. The van der Waals surface area contributed by atoms with Crippen molar-refractivity contribution in [3.05, 3.63) is 71.0 Å². The number of hydrogen-bond acceptors (Lipinski definition) is 4. The molecule has 2 unspecified atom stereocenters. The van der Waals surface area contributed by atoms with E-state index in [1.165, 1.54) is 12.1 Å². The summed E-state index contributed by atoms with van der Waals surface area (Å²) in [5.74, 6) is 0.583. The van der Waals surface area contributed by atoms with Gasteiger partial charge in [0.25, 0.3) is 0 Å². The minimum Gasteiger partial charge on any atom is -0.379 e. The highest BCUT2D eigenvalue weighted by Gasteiger charge is 2.28. The van der Waals surface area contributed by atoms with Crippen LogP contribution in [0.1, 0.15) is 36.6 Å². The zero-order valence-corrected chi connectivity index (χ0v) is 19.2. The van der Waals surface area contributed by atoms with Crippen molar-refractivity contribution < 1.29 is 18.6 Å². The van der Waals surface area contributed by atoms with Crippen LogP contribution in [0, 0.1) is 5.82 Å². The van der Waals surface area contributed by atoms with E-state index in [9.17, 15) is 4.39 Å². The van der Waals surface area contributed by atoms with Crippen molar-refractivity contribution in [3.8, 4) is 0 Å². The number of hydrogen-bond donors (Lipinski definition) is 1. The number of nitrogens with zero attached hydrogens (tertiary/aromatic N) is 2. The van der Waals surface area contributed by atoms with Gasteiger partial charge in [-0.15, -0.1) is 0 Å². The Morgan fingerprint density at radius 3 is 2.62 bits per heavy atom. The highest BCUT2D eigenvalue weighted by atomic mass is 19.1.